The molecule has 1 aliphatic heterocycles. The van der Waals surface area contributed by atoms with Crippen molar-refractivity contribution in [1.82, 2.24) is 14.6 Å². The van der Waals surface area contributed by atoms with E-state index in [-0.39, 0.29) is 5.54 Å². The second-order valence-corrected chi connectivity index (χ2v) is 7.14. The van der Waals surface area contributed by atoms with Gasteiger partial charge in [-0.15, -0.1) is 0 Å². The summed E-state index contributed by atoms with van der Waals surface area (Å²) in [5.41, 5.74) is 3.17. The van der Waals surface area contributed by atoms with Crippen molar-refractivity contribution < 1.29 is 4.74 Å². The number of ether oxygens (including phenoxy) is 1. The molecule has 1 aliphatic rings. The van der Waals surface area contributed by atoms with Crippen LogP contribution in [0.3, 0.4) is 0 Å². The monoisotopic (exact) mass is 322 g/mol. The first-order valence-electron chi connectivity index (χ1n) is 8.35. The van der Waals surface area contributed by atoms with Crippen molar-refractivity contribution in [1.29, 1.82) is 0 Å². The normalized spacial score (nSPS) is 14.2. The topological polar surface area (TPSA) is 42.7 Å². The summed E-state index contributed by atoms with van der Waals surface area (Å²) in [7, 11) is 0. The Labute approximate surface area is 141 Å². The van der Waals surface area contributed by atoms with Crippen molar-refractivity contribution in [3.63, 3.8) is 0 Å². The van der Waals surface area contributed by atoms with E-state index in [2.05, 4.69) is 30.8 Å². The molecule has 3 aromatic rings. The van der Waals surface area contributed by atoms with Crippen LogP contribution in [0, 0.1) is 0 Å². The van der Waals surface area contributed by atoms with Gasteiger partial charge in [-0.05, 0) is 39.3 Å². The number of para-hydroxylation sites is 1. The summed E-state index contributed by atoms with van der Waals surface area (Å²) in [4.78, 5) is 7.20. The molecule has 0 amide bonds. The van der Waals surface area contributed by atoms with E-state index in [1.165, 1.54) is 5.56 Å². The van der Waals surface area contributed by atoms with E-state index in [0.717, 1.165) is 35.9 Å². The molecule has 124 valence electrons. The maximum Gasteiger partial charge on any atom is 0.157 e. The molecule has 0 saturated heterocycles. The first-order valence-corrected chi connectivity index (χ1v) is 8.35. The highest BCUT2D eigenvalue weighted by Gasteiger charge is 2.33. The molecule has 0 N–H and O–H groups in total. The zero-order chi connectivity index (χ0) is 16.7. The first kappa shape index (κ1) is 15.0. The quantitative estimate of drug-likeness (QED) is 0.740. The Morgan fingerprint density at radius 1 is 1.12 bits per heavy atom. The molecule has 0 bridgehead atoms. The van der Waals surface area contributed by atoms with E-state index >= 15 is 0 Å². The van der Waals surface area contributed by atoms with Crippen LogP contribution in [0.25, 0.3) is 5.65 Å². The van der Waals surface area contributed by atoms with Crippen LogP contribution in [0.2, 0.25) is 0 Å². The van der Waals surface area contributed by atoms with Gasteiger partial charge in [-0.25, -0.2) is 4.98 Å². The lowest BCUT2D eigenvalue weighted by Crippen LogP contribution is -2.41. The Bertz CT molecular complexity index is 864. The predicted octanol–water partition coefficient (Wildman–Crippen LogP) is 3.47. The molecule has 4 rings (SSSR count). The minimum Gasteiger partial charge on any atom is -0.487 e. The summed E-state index contributed by atoms with van der Waals surface area (Å²) in [6, 6.07) is 11.8. The van der Waals surface area contributed by atoms with Gasteiger partial charge >= 0.3 is 0 Å². The largest absolute Gasteiger partial charge is 0.487 e. The molecule has 0 saturated carbocycles. The smallest absolute Gasteiger partial charge is 0.157 e. The van der Waals surface area contributed by atoms with Gasteiger partial charge in [0.25, 0.3) is 0 Å². The minimum absolute atomic E-state index is 0.0447. The van der Waals surface area contributed by atoms with E-state index in [9.17, 15) is 0 Å². The highest BCUT2D eigenvalue weighted by Crippen LogP contribution is 2.35. The number of rotatable bonds is 3. The maximum atomic E-state index is 5.95. The van der Waals surface area contributed by atoms with Crippen molar-refractivity contribution in [2.45, 2.75) is 39.3 Å². The Balaban J connectivity index is 1.75. The van der Waals surface area contributed by atoms with Crippen LogP contribution in [-0.4, -0.2) is 26.7 Å². The van der Waals surface area contributed by atoms with Crippen LogP contribution in [0.15, 0.2) is 42.6 Å². The lowest BCUT2D eigenvalue weighted by Gasteiger charge is -2.34. The van der Waals surface area contributed by atoms with E-state index in [4.69, 9.17) is 9.72 Å². The fourth-order valence-corrected chi connectivity index (χ4v) is 3.31. The summed E-state index contributed by atoms with van der Waals surface area (Å²) in [6.45, 7) is 8.16. The molecule has 0 fully saturated rings. The van der Waals surface area contributed by atoms with Gasteiger partial charge in [0, 0.05) is 23.7 Å². The Kier molecular flexibility index (Phi) is 3.44. The van der Waals surface area contributed by atoms with Crippen molar-refractivity contribution in [3.05, 3.63) is 53.9 Å². The van der Waals surface area contributed by atoms with Gasteiger partial charge in [0.05, 0.1) is 11.9 Å². The first-order chi connectivity index (χ1) is 11.5. The summed E-state index contributed by atoms with van der Waals surface area (Å²) in [6.07, 6.45) is 2.78. The molecule has 2 aromatic heterocycles. The minimum atomic E-state index is 0.0447. The van der Waals surface area contributed by atoms with Crippen LogP contribution < -0.4 is 9.64 Å². The van der Waals surface area contributed by atoms with E-state index in [1.807, 2.05) is 47.1 Å². The van der Waals surface area contributed by atoms with Crippen molar-refractivity contribution >= 4 is 11.5 Å². The second-order valence-electron chi connectivity index (χ2n) is 7.14. The van der Waals surface area contributed by atoms with E-state index < -0.39 is 0 Å². The number of fused-ring (bicyclic) bond motifs is 3. The van der Waals surface area contributed by atoms with Crippen LogP contribution in [-0.2, 0) is 13.0 Å². The van der Waals surface area contributed by atoms with Crippen LogP contribution in [0.5, 0.6) is 5.75 Å². The van der Waals surface area contributed by atoms with Crippen molar-refractivity contribution in [2.24, 2.45) is 0 Å². The fourth-order valence-electron chi connectivity index (χ4n) is 3.31. The SMILES string of the molecule is CC(C)(C)N1CCc2c(COc3ccccc3)nc3ccnn3c21. The lowest BCUT2D eigenvalue weighted by atomic mass is 10.1. The summed E-state index contributed by atoms with van der Waals surface area (Å²) in [5.74, 6) is 2.02. The van der Waals surface area contributed by atoms with Gasteiger partial charge in [-0.2, -0.15) is 9.61 Å². The molecule has 0 radical (unpaired) electrons. The average Bonchev–Trinajstić information content (AvgIpc) is 3.19. The van der Waals surface area contributed by atoms with Gasteiger partial charge < -0.3 is 9.64 Å². The van der Waals surface area contributed by atoms with Gasteiger partial charge in [0.15, 0.2) is 5.65 Å². The average molecular weight is 322 g/mol. The van der Waals surface area contributed by atoms with Crippen molar-refractivity contribution in [2.75, 3.05) is 11.4 Å². The third kappa shape index (κ3) is 2.50. The molecule has 0 unspecified atom stereocenters. The van der Waals surface area contributed by atoms with E-state index in [0.29, 0.717) is 6.61 Å². The van der Waals surface area contributed by atoms with Crippen molar-refractivity contribution in [3.8, 4) is 5.75 Å². The molecule has 3 heterocycles. The maximum absolute atomic E-state index is 5.95. The standard InChI is InChI=1S/C19H22N4O/c1-19(2,3)22-12-10-15-16(13-24-14-7-5-4-6-8-14)21-17-9-11-20-23(17)18(15)22/h4-9,11H,10,12-13H2,1-3H3. The number of aromatic nitrogens is 3. The summed E-state index contributed by atoms with van der Waals surface area (Å²) >= 11 is 0. The second kappa shape index (κ2) is 5.51. The lowest BCUT2D eigenvalue weighted by molar-refractivity contribution is 0.300. The Hall–Kier alpha value is -2.56. The fraction of sp³-hybridized carbons (Fsp3) is 0.368. The molecule has 5 heteroatoms. The van der Waals surface area contributed by atoms with Gasteiger partial charge in [0.1, 0.15) is 18.2 Å². The Morgan fingerprint density at radius 3 is 2.67 bits per heavy atom. The molecule has 24 heavy (non-hydrogen) atoms. The van der Waals surface area contributed by atoms with Crippen LogP contribution in [0.4, 0.5) is 5.82 Å². The number of anilines is 1. The van der Waals surface area contributed by atoms with Crippen LogP contribution >= 0.6 is 0 Å². The summed E-state index contributed by atoms with van der Waals surface area (Å²) < 4.78 is 7.91. The number of nitrogens with zero attached hydrogens (tertiary/aromatic N) is 4. The Morgan fingerprint density at radius 2 is 1.92 bits per heavy atom. The van der Waals surface area contributed by atoms with Gasteiger partial charge in [-0.1, -0.05) is 18.2 Å². The highest BCUT2D eigenvalue weighted by atomic mass is 16.5. The van der Waals surface area contributed by atoms with E-state index in [1.54, 1.807) is 0 Å². The third-order valence-corrected chi connectivity index (χ3v) is 4.46. The number of hydrogen-bond acceptors (Lipinski definition) is 4. The zero-order valence-corrected chi connectivity index (χ0v) is 14.4. The number of hydrogen-bond donors (Lipinski definition) is 0. The molecule has 0 spiro atoms. The van der Waals surface area contributed by atoms with Crippen LogP contribution in [0.1, 0.15) is 32.0 Å². The highest BCUT2D eigenvalue weighted by molar-refractivity contribution is 5.61. The molecule has 0 atom stereocenters. The molecule has 5 nitrogen and oxygen atoms in total. The third-order valence-electron chi connectivity index (χ3n) is 4.46. The molecule has 0 aliphatic carbocycles. The number of benzene rings is 1. The molecular formula is C19H22N4O. The summed E-state index contributed by atoms with van der Waals surface area (Å²) in [5, 5.41) is 4.49. The molecule has 1 aromatic carbocycles. The van der Waals surface area contributed by atoms with Gasteiger partial charge in [0.2, 0.25) is 0 Å². The van der Waals surface area contributed by atoms with Gasteiger partial charge in [-0.3, -0.25) is 0 Å². The predicted molar refractivity (Wildman–Crippen MR) is 94.6 cm³/mol. The molecular weight excluding hydrogens is 300 g/mol. The zero-order valence-electron chi connectivity index (χ0n) is 14.4.